The van der Waals surface area contributed by atoms with E-state index in [-0.39, 0.29) is 11.7 Å². The van der Waals surface area contributed by atoms with Crippen molar-refractivity contribution in [1.82, 2.24) is 10.2 Å². The third kappa shape index (κ3) is 1.62. The number of amides is 1. The number of nitrogens with one attached hydrogen (secondary N) is 1. The third-order valence-electron chi connectivity index (χ3n) is 4.92. The molecule has 3 nitrogen and oxygen atoms in total. The fraction of sp³-hybridized carbons (Fsp3) is 0.929. The largest absolute Gasteiger partial charge is 0.322 e. The van der Waals surface area contributed by atoms with Crippen molar-refractivity contribution in [2.24, 2.45) is 5.92 Å². The topological polar surface area (TPSA) is 32.3 Å². The summed E-state index contributed by atoms with van der Waals surface area (Å²) < 4.78 is 0. The molecule has 1 aliphatic heterocycles. The van der Waals surface area contributed by atoms with Crippen molar-refractivity contribution in [2.45, 2.75) is 76.5 Å². The van der Waals surface area contributed by atoms with Crippen LogP contribution < -0.4 is 5.32 Å². The Morgan fingerprint density at radius 1 is 1.24 bits per heavy atom. The molecule has 3 rings (SSSR count). The molecular formula is C14H24N2O. The number of nitrogens with zero attached hydrogens (tertiary/aromatic N) is 1. The van der Waals surface area contributed by atoms with Gasteiger partial charge in [0.25, 0.3) is 0 Å². The molecule has 1 saturated heterocycles. The maximum Gasteiger partial charge on any atom is 0.244 e. The molecular weight excluding hydrogens is 212 g/mol. The van der Waals surface area contributed by atoms with Crippen LogP contribution in [0.2, 0.25) is 0 Å². The number of hydrogen-bond donors (Lipinski definition) is 1. The molecule has 96 valence electrons. The van der Waals surface area contributed by atoms with E-state index in [2.05, 4.69) is 24.1 Å². The molecule has 1 unspecified atom stereocenters. The van der Waals surface area contributed by atoms with E-state index in [9.17, 15) is 4.79 Å². The minimum atomic E-state index is -0.176. The molecule has 1 amide bonds. The van der Waals surface area contributed by atoms with Crippen LogP contribution in [0, 0.1) is 5.92 Å². The van der Waals surface area contributed by atoms with Crippen LogP contribution in [-0.4, -0.2) is 28.6 Å². The standard InChI is InChI=1S/C14H24N2O/c1-10(2)12-15-14(8-3-4-9-14)13(17)16(12)11-6-5-7-11/h10-12,15H,3-9H2,1-2H3. The lowest BCUT2D eigenvalue weighted by molar-refractivity contribution is -0.137. The first-order valence-electron chi connectivity index (χ1n) is 7.24. The lowest BCUT2D eigenvalue weighted by Crippen LogP contribution is -2.50. The Kier molecular flexibility index (Phi) is 2.69. The van der Waals surface area contributed by atoms with Crippen molar-refractivity contribution in [3.05, 3.63) is 0 Å². The van der Waals surface area contributed by atoms with E-state index in [0.29, 0.717) is 17.9 Å². The SMILES string of the molecule is CC(C)C1NC2(CCCC2)C(=O)N1C1CCC1. The van der Waals surface area contributed by atoms with Gasteiger partial charge in [-0.25, -0.2) is 0 Å². The van der Waals surface area contributed by atoms with Gasteiger partial charge in [-0.3, -0.25) is 10.1 Å². The zero-order chi connectivity index (χ0) is 12.0. The average molecular weight is 236 g/mol. The minimum Gasteiger partial charge on any atom is -0.322 e. The van der Waals surface area contributed by atoms with Crippen LogP contribution in [-0.2, 0) is 4.79 Å². The fourth-order valence-electron chi connectivity index (χ4n) is 3.67. The van der Waals surface area contributed by atoms with Gasteiger partial charge >= 0.3 is 0 Å². The fourth-order valence-corrected chi connectivity index (χ4v) is 3.67. The van der Waals surface area contributed by atoms with Gasteiger partial charge in [0.1, 0.15) is 0 Å². The monoisotopic (exact) mass is 236 g/mol. The Labute approximate surface area is 104 Å². The summed E-state index contributed by atoms with van der Waals surface area (Å²) in [6.45, 7) is 4.45. The first kappa shape index (κ1) is 11.5. The summed E-state index contributed by atoms with van der Waals surface area (Å²) >= 11 is 0. The van der Waals surface area contributed by atoms with Crippen molar-refractivity contribution in [2.75, 3.05) is 0 Å². The molecule has 2 aliphatic carbocycles. The van der Waals surface area contributed by atoms with E-state index < -0.39 is 0 Å². The number of hydrogen-bond acceptors (Lipinski definition) is 2. The Hall–Kier alpha value is -0.570. The van der Waals surface area contributed by atoms with Gasteiger partial charge < -0.3 is 4.90 Å². The van der Waals surface area contributed by atoms with Crippen LogP contribution in [0.1, 0.15) is 58.8 Å². The normalized spacial score (nSPS) is 32.8. The van der Waals surface area contributed by atoms with E-state index in [0.717, 1.165) is 12.8 Å². The van der Waals surface area contributed by atoms with Gasteiger partial charge in [0.05, 0.1) is 11.7 Å². The molecule has 1 spiro atoms. The highest BCUT2D eigenvalue weighted by Crippen LogP contribution is 2.41. The Morgan fingerprint density at radius 3 is 2.35 bits per heavy atom. The average Bonchev–Trinajstić information content (AvgIpc) is 2.77. The molecule has 0 aromatic carbocycles. The molecule has 3 heteroatoms. The molecule has 1 heterocycles. The van der Waals surface area contributed by atoms with Gasteiger partial charge in [0, 0.05) is 6.04 Å². The van der Waals surface area contributed by atoms with E-state index in [1.165, 1.54) is 32.1 Å². The second-order valence-corrected chi connectivity index (χ2v) is 6.42. The van der Waals surface area contributed by atoms with Crippen LogP contribution in [0.3, 0.4) is 0 Å². The summed E-state index contributed by atoms with van der Waals surface area (Å²) in [4.78, 5) is 14.9. The lowest BCUT2D eigenvalue weighted by atomic mass is 9.89. The Morgan fingerprint density at radius 2 is 1.88 bits per heavy atom. The molecule has 3 aliphatic rings. The van der Waals surface area contributed by atoms with Crippen molar-refractivity contribution in [3.8, 4) is 0 Å². The summed E-state index contributed by atoms with van der Waals surface area (Å²) in [5.41, 5.74) is -0.176. The smallest absolute Gasteiger partial charge is 0.244 e. The molecule has 17 heavy (non-hydrogen) atoms. The first-order chi connectivity index (χ1) is 8.14. The first-order valence-corrected chi connectivity index (χ1v) is 7.24. The quantitative estimate of drug-likeness (QED) is 0.797. The summed E-state index contributed by atoms with van der Waals surface area (Å²) in [6.07, 6.45) is 8.54. The highest BCUT2D eigenvalue weighted by molar-refractivity contribution is 5.89. The van der Waals surface area contributed by atoms with Crippen molar-refractivity contribution in [3.63, 3.8) is 0 Å². The highest BCUT2D eigenvalue weighted by atomic mass is 16.2. The van der Waals surface area contributed by atoms with E-state index >= 15 is 0 Å². The van der Waals surface area contributed by atoms with E-state index in [4.69, 9.17) is 0 Å². The van der Waals surface area contributed by atoms with Crippen LogP contribution in [0.25, 0.3) is 0 Å². The molecule has 3 fully saturated rings. The summed E-state index contributed by atoms with van der Waals surface area (Å²) in [5, 5.41) is 3.69. The lowest BCUT2D eigenvalue weighted by Gasteiger charge is -2.39. The summed E-state index contributed by atoms with van der Waals surface area (Å²) in [5.74, 6) is 0.929. The number of carbonyl (C=O) groups excluding carboxylic acids is 1. The predicted octanol–water partition coefficient (Wildman–Crippen LogP) is 2.27. The molecule has 1 N–H and O–H groups in total. The number of rotatable bonds is 2. The van der Waals surface area contributed by atoms with Gasteiger partial charge in [-0.1, -0.05) is 26.7 Å². The molecule has 0 bridgehead atoms. The maximum atomic E-state index is 12.7. The number of carbonyl (C=O) groups is 1. The predicted molar refractivity (Wildman–Crippen MR) is 67.4 cm³/mol. The second kappa shape index (κ2) is 3.98. The molecule has 0 aromatic heterocycles. The van der Waals surface area contributed by atoms with Crippen LogP contribution in [0.4, 0.5) is 0 Å². The highest BCUT2D eigenvalue weighted by Gasteiger charge is 2.55. The van der Waals surface area contributed by atoms with Gasteiger partial charge in [0.2, 0.25) is 5.91 Å². The minimum absolute atomic E-state index is 0.176. The van der Waals surface area contributed by atoms with Crippen molar-refractivity contribution in [1.29, 1.82) is 0 Å². The van der Waals surface area contributed by atoms with E-state index in [1.54, 1.807) is 0 Å². The molecule has 0 radical (unpaired) electrons. The van der Waals surface area contributed by atoms with Crippen LogP contribution in [0.15, 0.2) is 0 Å². The van der Waals surface area contributed by atoms with Gasteiger partial charge in [0.15, 0.2) is 0 Å². The summed E-state index contributed by atoms with van der Waals surface area (Å²) in [7, 11) is 0. The van der Waals surface area contributed by atoms with Gasteiger partial charge in [-0.05, 0) is 38.0 Å². The zero-order valence-corrected chi connectivity index (χ0v) is 11.0. The van der Waals surface area contributed by atoms with Crippen molar-refractivity contribution < 1.29 is 4.79 Å². The van der Waals surface area contributed by atoms with Gasteiger partial charge in [-0.2, -0.15) is 0 Å². The summed E-state index contributed by atoms with van der Waals surface area (Å²) in [6, 6.07) is 0.530. The third-order valence-corrected chi connectivity index (χ3v) is 4.92. The zero-order valence-electron chi connectivity index (χ0n) is 11.0. The van der Waals surface area contributed by atoms with Gasteiger partial charge in [-0.15, -0.1) is 0 Å². The maximum absolute atomic E-state index is 12.7. The Bertz CT molecular complexity index is 316. The second-order valence-electron chi connectivity index (χ2n) is 6.42. The molecule has 1 atom stereocenters. The molecule has 0 aromatic rings. The van der Waals surface area contributed by atoms with Crippen LogP contribution in [0.5, 0.6) is 0 Å². The Balaban J connectivity index is 1.86. The van der Waals surface area contributed by atoms with Crippen molar-refractivity contribution >= 4 is 5.91 Å². The van der Waals surface area contributed by atoms with Crippen LogP contribution >= 0.6 is 0 Å². The molecule has 2 saturated carbocycles. The van der Waals surface area contributed by atoms with E-state index in [1.807, 2.05) is 0 Å².